The van der Waals surface area contributed by atoms with Gasteiger partial charge >= 0.3 is 0 Å². The van der Waals surface area contributed by atoms with Crippen LogP contribution in [-0.4, -0.2) is 22.0 Å². The molecule has 0 amide bonds. The summed E-state index contributed by atoms with van der Waals surface area (Å²) in [5.41, 5.74) is 1.22. The normalized spacial score (nSPS) is 12.5. The van der Waals surface area contributed by atoms with Crippen LogP contribution >= 0.6 is 27.5 Å². The van der Waals surface area contributed by atoms with Gasteiger partial charge in [-0.05, 0) is 25.1 Å². The molecule has 0 saturated carbocycles. The van der Waals surface area contributed by atoms with Gasteiger partial charge in [0.05, 0.1) is 13.3 Å². The molecule has 1 aromatic carbocycles. The molecule has 0 fully saturated rings. The Morgan fingerprint density at radius 3 is 2.89 bits per heavy atom. The zero-order valence-electron chi connectivity index (χ0n) is 10.6. The van der Waals surface area contributed by atoms with E-state index in [2.05, 4.69) is 21.0 Å². The molecule has 1 atom stereocenters. The van der Waals surface area contributed by atoms with Gasteiger partial charge in [-0.25, -0.2) is 0 Å². The second-order valence-electron chi connectivity index (χ2n) is 3.98. The summed E-state index contributed by atoms with van der Waals surface area (Å²) >= 11 is 9.52. The molecule has 1 N–H and O–H groups in total. The molecule has 2 rings (SSSR count). The number of aliphatic hydroxyl groups is 1. The van der Waals surface area contributed by atoms with Crippen LogP contribution in [0.3, 0.4) is 0 Å². The minimum absolute atomic E-state index is 0.501. The Kier molecular flexibility index (Phi) is 4.50. The van der Waals surface area contributed by atoms with Gasteiger partial charge in [0.25, 0.3) is 0 Å². The molecular weight excluding hydrogens is 332 g/mol. The van der Waals surface area contributed by atoms with E-state index in [4.69, 9.17) is 16.3 Å². The van der Waals surface area contributed by atoms with Crippen LogP contribution in [0, 0.1) is 0 Å². The Morgan fingerprint density at radius 1 is 1.53 bits per heavy atom. The van der Waals surface area contributed by atoms with Crippen molar-refractivity contribution in [3.8, 4) is 5.75 Å². The average molecular weight is 346 g/mol. The molecule has 0 aliphatic carbocycles. The van der Waals surface area contributed by atoms with E-state index in [0.717, 1.165) is 4.47 Å². The van der Waals surface area contributed by atoms with E-state index >= 15 is 0 Å². The third-order valence-electron chi connectivity index (χ3n) is 2.88. The Labute approximate surface area is 125 Å². The van der Waals surface area contributed by atoms with Crippen molar-refractivity contribution in [1.29, 1.82) is 0 Å². The lowest BCUT2D eigenvalue weighted by Crippen LogP contribution is -2.10. The Bertz CT molecular complexity index is 565. The van der Waals surface area contributed by atoms with Gasteiger partial charge in [-0.3, -0.25) is 4.68 Å². The van der Waals surface area contributed by atoms with E-state index in [0.29, 0.717) is 28.6 Å². The maximum atomic E-state index is 10.6. The second-order valence-corrected chi connectivity index (χ2v) is 5.31. The summed E-state index contributed by atoms with van der Waals surface area (Å²) in [5, 5.41) is 15.2. The highest BCUT2D eigenvalue weighted by molar-refractivity contribution is 9.10. The summed E-state index contributed by atoms with van der Waals surface area (Å²) in [6.07, 6.45) is 0.705. The smallest absolute Gasteiger partial charge is 0.163 e. The van der Waals surface area contributed by atoms with Crippen LogP contribution in [0.25, 0.3) is 0 Å². The first-order chi connectivity index (χ1) is 9.08. The lowest BCUT2D eigenvalue weighted by atomic mass is 10.1. The monoisotopic (exact) mass is 344 g/mol. The molecule has 2 aromatic rings. The van der Waals surface area contributed by atoms with Gasteiger partial charge in [0.1, 0.15) is 11.8 Å². The summed E-state index contributed by atoms with van der Waals surface area (Å²) in [7, 11) is 1.55. The minimum Gasteiger partial charge on any atom is -0.493 e. The Hall–Kier alpha value is -1.04. The van der Waals surface area contributed by atoms with Crippen molar-refractivity contribution in [2.75, 3.05) is 7.11 Å². The zero-order chi connectivity index (χ0) is 14.0. The molecule has 0 radical (unpaired) electrons. The fourth-order valence-corrected chi connectivity index (χ4v) is 2.53. The van der Waals surface area contributed by atoms with Crippen molar-refractivity contribution < 1.29 is 9.84 Å². The topological polar surface area (TPSA) is 47.3 Å². The van der Waals surface area contributed by atoms with Gasteiger partial charge in [-0.2, -0.15) is 5.10 Å². The molecule has 0 spiro atoms. The Balaban J connectivity index is 2.51. The second kappa shape index (κ2) is 5.94. The van der Waals surface area contributed by atoms with Gasteiger partial charge in [0.15, 0.2) is 5.75 Å². The van der Waals surface area contributed by atoms with Crippen LogP contribution in [0.15, 0.2) is 28.9 Å². The van der Waals surface area contributed by atoms with Crippen LogP contribution in [-0.2, 0) is 6.54 Å². The summed E-state index contributed by atoms with van der Waals surface area (Å²) in [6, 6.07) is 5.36. The predicted octanol–water partition coefficient (Wildman–Crippen LogP) is 3.41. The third kappa shape index (κ3) is 2.78. The molecule has 0 aliphatic heterocycles. The fraction of sp³-hybridized carbons (Fsp3) is 0.308. The van der Waals surface area contributed by atoms with Gasteiger partial charge < -0.3 is 9.84 Å². The van der Waals surface area contributed by atoms with Gasteiger partial charge in [0.2, 0.25) is 0 Å². The molecule has 4 nitrogen and oxygen atoms in total. The lowest BCUT2D eigenvalue weighted by Gasteiger charge is -2.16. The first-order valence-corrected chi connectivity index (χ1v) is 6.98. The quantitative estimate of drug-likeness (QED) is 0.924. The van der Waals surface area contributed by atoms with E-state index in [1.54, 1.807) is 30.1 Å². The number of halogens is 2. The molecule has 102 valence electrons. The van der Waals surface area contributed by atoms with Crippen molar-refractivity contribution in [3.05, 3.63) is 45.1 Å². The summed E-state index contributed by atoms with van der Waals surface area (Å²) in [5.74, 6) is 0.547. The number of methoxy groups -OCH3 is 1. The first kappa shape index (κ1) is 14.4. The largest absolute Gasteiger partial charge is 0.493 e. The van der Waals surface area contributed by atoms with Crippen LogP contribution in [0.1, 0.15) is 24.3 Å². The zero-order valence-corrected chi connectivity index (χ0v) is 12.9. The minimum atomic E-state index is -0.887. The number of ether oxygens (including phenoxy) is 1. The highest BCUT2D eigenvalue weighted by atomic mass is 79.9. The lowest BCUT2D eigenvalue weighted by molar-refractivity contribution is 0.202. The summed E-state index contributed by atoms with van der Waals surface area (Å²) in [6.45, 7) is 2.59. The molecular formula is C13H14BrClN2O2. The van der Waals surface area contributed by atoms with Crippen molar-refractivity contribution in [1.82, 2.24) is 9.78 Å². The van der Waals surface area contributed by atoms with E-state index in [9.17, 15) is 5.11 Å². The fourth-order valence-electron chi connectivity index (χ4n) is 1.93. The molecule has 0 aliphatic rings. The number of aryl methyl sites for hydroxylation is 1. The van der Waals surface area contributed by atoms with Crippen molar-refractivity contribution in [3.63, 3.8) is 0 Å². The van der Waals surface area contributed by atoms with E-state index < -0.39 is 6.10 Å². The summed E-state index contributed by atoms with van der Waals surface area (Å²) < 4.78 is 7.79. The molecule has 1 unspecified atom stereocenters. The highest BCUT2D eigenvalue weighted by Crippen LogP contribution is 2.34. The molecule has 0 saturated heterocycles. The SMILES string of the molecule is CCn1ncc(OC)c1C(O)c1cc(Br)ccc1Cl. The van der Waals surface area contributed by atoms with E-state index in [1.807, 2.05) is 13.0 Å². The number of nitrogens with zero attached hydrogens (tertiary/aromatic N) is 2. The number of aromatic nitrogens is 2. The molecule has 1 heterocycles. The predicted molar refractivity (Wildman–Crippen MR) is 77.7 cm³/mol. The maximum absolute atomic E-state index is 10.6. The molecule has 1 aromatic heterocycles. The number of rotatable bonds is 4. The standard InChI is InChI=1S/C13H14BrClN2O2/c1-3-17-12(11(19-2)7-16-17)13(18)9-6-8(14)4-5-10(9)15/h4-7,13,18H,3H2,1-2H3. The van der Waals surface area contributed by atoms with Crippen LogP contribution in [0.5, 0.6) is 5.75 Å². The molecule has 19 heavy (non-hydrogen) atoms. The van der Waals surface area contributed by atoms with Crippen LogP contribution in [0.2, 0.25) is 5.02 Å². The number of hydrogen-bond acceptors (Lipinski definition) is 3. The number of benzene rings is 1. The van der Waals surface area contributed by atoms with Crippen molar-refractivity contribution in [2.45, 2.75) is 19.6 Å². The maximum Gasteiger partial charge on any atom is 0.163 e. The van der Waals surface area contributed by atoms with Gasteiger partial charge in [-0.1, -0.05) is 27.5 Å². The van der Waals surface area contributed by atoms with Gasteiger partial charge in [0, 0.05) is 21.6 Å². The first-order valence-electron chi connectivity index (χ1n) is 5.81. The number of aliphatic hydroxyl groups excluding tert-OH is 1. The highest BCUT2D eigenvalue weighted by Gasteiger charge is 2.23. The molecule has 0 bridgehead atoms. The Morgan fingerprint density at radius 2 is 2.26 bits per heavy atom. The summed E-state index contributed by atoms with van der Waals surface area (Å²) in [4.78, 5) is 0. The van der Waals surface area contributed by atoms with Gasteiger partial charge in [-0.15, -0.1) is 0 Å². The van der Waals surface area contributed by atoms with E-state index in [-0.39, 0.29) is 0 Å². The van der Waals surface area contributed by atoms with Crippen LogP contribution in [0.4, 0.5) is 0 Å². The van der Waals surface area contributed by atoms with Crippen molar-refractivity contribution in [2.24, 2.45) is 0 Å². The van der Waals surface area contributed by atoms with E-state index in [1.165, 1.54) is 0 Å². The molecule has 6 heteroatoms. The van der Waals surface area contributed by atoms with Crippen LogP contribution < -0.4 is 4.74 Å². The number of hydrogen-bond donors (Lipinski definition) is 1. The third-order valence-corrected chi connectivity index (χ3v) is 3.71. The average Bonchev–Trinajstić information content (AvgIpc) is 2.83. The van der Waals surface area contributed by atoms with Crippen molar-refractivity contribution >= 4 is 27.5 Å².